The van der Waals surface area contributed by atoms with Gasteiger partial charge in [-0.2, -0.15) is 0 Å². The van der Waals surface area contributed by atoms with E-state index in [0.29, 0.717) is 19.6 Å². The fourth-order valence-corrected chi connectivity index (χ4v) is 3.18. The van der Waals surface area contributed by atoms with E-state index < -0.39 is 0 Å². The molecule has 1 N–H and O–H groups in total. The predicted molar refractivity (Wildman–Crippen MR) is 69.5 cm³/mol. The van der Waals surface area contributed by atoms with Crippen molar-refractivity contribution >= 4 is 5.82 Å². The molecule has 5 heteroatoms. The molecule has 3 heterocycles. The van der Waals surface area contributed by atoms with E-state index in [2.05, 4.69) is 9.88 Å². The Morgan fingerprint density at radius 1 is 1.37 bits per heavy atom. The summed E-state index contributed by atoms with van der Waals surface area (Å²) >= 11 is 0. The van der Waals surface area contributed by atoms with Gasteiger partial charge in [0.2, 0.25) is 0 Å². The Labute approximate surface area is 112 Å². The first-order chi connectivity index (χ1) is 9.25. The third kappa shape index (κ3) is 2.58. The fraction of sp³-hybridized carbons (Fsp3) is 0.643. The lowest BCUT2D eigenvalue weighted by molar-refractivity contribution is -0.0438. The molecule has 0 unspecified atom stereocenters. The molecule has 19 heavy (non-hydrogen) atoms. The van der Waals surface area contributed by atoms with E-state index in [1.807, 2.05) is 0 Å². The molecular formula is C14H19FN2O2. The zero-order valence-corrected chi connectivity index (χ0v) is 10.8. The fourth-order valence-electron chi connectivity index (χ4n) is 3.18. The first kappa shape index (κ1) is 12.8. The van der Waals surface area contributed by atoms with Crippen LogP contribution in [0.3, 0.4) is 0 Å². The number of hydrogen-bond donors (Lipinski definition) is 1. The van der Waals surface area contributed by atoms with Crippen LogP contribution >= 0.6 is 0 Å². The second kappa shape index (κ2) is 5.43. The molecule has 0 spiro atoms. The summed E-state index contributed by atoms with van der Waals surface area (Å²) in [6.45, 7) is 2.15. The zero-order valence-electron chi connectivity index (χ0n) is 10.8. The molecular weight excluding hydrogens is 247 g/mol. The molecule has 1 aromatic rings. The number of halogens is 1. The van der Waals surface area contributed by atoms with Crippen molar-refractivity contribution in [3.8, 4) is 0 Å². The molecule has 1 aromatic heterocycles. The number of ether oxygens (including phenoxy) is 1. The molecule has 0 amide bonds. The van der Waals surface area contributed by atoms with Crippen molar-refractivity contribution in [2.24, 2.45) is 5.92 Å². The average Bonchev–Trinajstić information content (AvgIpc) is 2.89. The van der Waals surface area contributed by atoms with Gasteiger partial charge in [-0.3, -0.25) is 0 Å². The topological polar surface area (TPSA) is 45.6 Å². The second-order valence-corrected chi connectivity index (χ2v) is 5.33. The Morgan fingerprint density at radius 3 is 3.00 bits per heavy atom. The van der Waals surface area contributed by atoms with Crippen molar-refractivity contribution in [2.45, 2.75) is 31.4 Å². The van der Waals surface area contributed by atoms with Gasteiger partial charge < -0.3 is 14.7 Å². The molecule has 2 saturated heterocycles. The smallest absolute Gasteiger partial charge is 0.141 e. The van der Waals surface area contributed by atoms with E-state index in [9.17, 15) is 9.50 Å². The van der Waals surface area contributed by atoms with Crippen LogP contribution in [0.4, 0.5) is 10.2 Å². The molecule has 0 aliphatic carbocycles. The van der Waals surface area contributed by atoms with Crippen molar-refractivity contribution in [1.82, 2.24) is 4.98 Å². The number of rotatable bonds is 2. The maximum Gasteiger partial charge on any atom is 0.141 e. The second-order valence-electron chi connectivity index (χ2n) is 5.33. The minimum absolute atomic E-state index is 0.128. The molecule has 104 valence electrons. The summed E-state index contributed by atoms with van der Waals surface area (Å²) in [6.07, 6.45) is 3.75. The highest BCUT2D eigenvalue weighted by Gasteiger charge is 2.38. The van der Waals surface area contributed by atoms with Gasteiger partial charge in [-0.25, -0.2) is 9.37 Å². The highest BCUT2D eigenvalue weighted by Crippen LogP contribution is 2.32. The van der Waals surface area contributed by atoms with Gasteiger partial charge in [-0.05, 0) is 31.4 Å². The lowest BCUT2D eigenvalue weighted by Crippen LogP contribution is -2.46. The van der Waals surface area contributed by atoms with E-state index in [-0.39, 0.29) is 23.9 Å². The summed E-state index contributed by atoms with van der Waals surface area (Å²) in [6, 6.07) is 3.39. The number of anilines is 1. The summed E-state index contributed by atoms with van der Waals surface area (Å²) < 4.78 is 18.4. The number of aliphatic hydroxyl groups excluding tert-OH is 1. The van der Waals surface area contributed by atoms with Crippen molar-refractivity contribution in [1.29, 1.82) is 0 Å². The Balaban J connectivity index is 1.79. The monoisotopic (exact) mass is 266 g/mol. The molecule has 0 aromatic carbocycles. The van der Waals surface area contributed by atoms with E-state index in [1.54, 1.807) is 6.07 Å². The number of nitrogens with zero attached hydrogens (tertiary/aromatic N) is 2. The quantitative estimate of drug-likeness (QED) is 0.883. The number of aromatic nitrogens is 1. The third-order valence-corrected chi connectivity index (χ3v) is 4.16. The minimum atomic E-state index is -0.319. The van der Waals surface area contributed by atoms with Crippen LogP contribution < -0.4 is 4.90 Å². The summed E-state index contributed by atoms with van der Waals surface area (Å²) in [5.41, 5.74) is 0. The molecule has 3 atom stereocenters. The zero-order chi connectivity index (χ0) is 13.2. The lowest BCUT2D eigenvalue weighted by atomic mass is 9.89. The largest absolute Gasteiger partial charge is 0.393 e. The Kier molecular flexibility index (Phi) is 3.66. The van der Waals surface area contributed by atoms with Crippen molar-refractivity contribution < 1.29 is 14.2 Å². The van der Waals surface area contributed by atoms with Crippen LogP contribution in [-0.2, 0) is 4.74 Å². The van der Waals surface area contributed by atoms with E-state index in [1.165, 1.54) is 12.3 Å². The standard InChI is InChI=1S/C14H19FN2O2/c15-10-3-4-14(16-8-10)17-6-1-2-12(17)11-9-19-7-5-13(11)18/h3-4,8,11-13,18H,1-2,5-7,9H2/t11-,12-,13-/m1/s1. The molecule has 2 aliphatic heterocycles. The first-order valence-electron chi connectivity index (χ1n) is 6.90. The SMILES string of the molecule is O[C@@H]1CCOC[C@@H]1[C@H]1CCCN1c1ccc(F)cn1. The van der Waals surface area contributed by atoms with E-state index >= 15 is 0 Å². The van der Waals surface area contributed by atoms with Crippen LogP contribution in [0.15, 0.2) is 18.3 Å². The molecule has 0 radical (unpaired) electrons. The predicted octanol–water partition coefficient (Wildman–Crippen LogP) is 1.59. The van der Waals surface area contributed by atoms with Crippen LogP contribution in [0, 0.1) is 11.7 Å². The average molecular weight is 266 g/mol. The molecule has 2 aliphatic rings. The first-order valence-corrected chi connectivity index (χ1v) is 6.90. The molecule has 0 saturated carbocycles. The number of pyridine rings is 1. The molecule has 4 nitrogen and oxygen atoms in total. The Morgan fingerprint density at radius 2 is 2.26 bits per heavy atom. The van der Waals surface area contributed by atoms with Crippen LogP contribution in [-0.4, -0.2) is 42.0 Å². The minimum Gasteiger partial charge on any atom is -0.393 e. The van der Waals surface area contributed by atoms with Gasteiger partial charge >= 0.3 is 0 Å². The van der Waals surface area contributed by atoms with Gasteiger partial charge in [0.1, 0.15) is 11.6 Å². The molecule has 3 rings (SSSR count). The maximum absolute atomic E-state index is 12.9. The van der Waals surface area contributed by atoms with E-state index in [4.69, 9.17) is 4.74 Å². The van der Waals surface area contributed by atoms with Gasteiger partial charge in [0.05, 0.1) is 18.9 Å². The third-order valence-electron chi connectivity index (χ3n) is 4.16. The van der Waals surface area contributed by atoms with Gasteiger partial charge in [-0.1, -0.05) is 0 Å². The summed E-state index contributed by atoms with van der Waals surface area (Å²) in [5, 5.41) is 10.2. The van der Waals surface area contributed by atoms with Crippen LogP contribution in [0.1, 0.15) is 19.3 Å². The van der Waals surface area contributed by atoms with Crippen molar-refractivity contribution in [3.05, 3.63) is 24.1 Å². The van der Waals surface area contributed by atoms with Gasteiger partial charge in [0, 0.05) is 25.1 Å². The molecule has 0 bridgehead atoms. The highest BCUT2D eigenvalue weighted by molar-refractivity contribution is 5.41. The number of hydrogen-bond acceptors (Lipinski definition) is 4. The normalized spacial score (nSPS) is 31.7. The van der Waals surface area contributed by atoms with Gasteiger partial charge in [0.25, 0.3) is 0 Å². The van der Waals surface area contributed by atoms with Crippen LogP contribution in [0.2, 0.25) is 0 Å². The van der Waals surface area contributed by atoms with Crippen LogP contribution in [0.5, 0.6) is 0 Å². The van der Waals surface area contributed by atoms with E-state index in [0.717, 1.165) is 25.2 Å². The van der Waals surface area contributed by atoms with Crippen LogP contribution in [0.25, 0.3) is 0 Å². The maximum atomic E-state index is 12.9. The summed E-state index contributed by atoms with van der Waals surface area (Å²) in [7, 11) is 0. The lowest BCUT2D eigenvalue weighted by Gasteiger charge is -2.37. The van der Waals surface area contributed by atoms with Gasteiger partial charge in [-0.15, -0.1) is 0 Å². The highest BCUT2D eigenvalue weighted by atomic mass is 19.1. The molecule has 2 fully saturated rings. The Bertz CT molecular complexity index is 426. The number of aliphatic hydroxyl groups is 1. The summed E-state index contributed by atoms with van der Waals surface area (Å²) in [5.74, 6) is 0.602. The Hall–Kier alpha value is -1.20. The van der Waals surface area contributed by atoms with Crippen molar-refractivity contribution in [3.63, 3.8) is 0 Å². The van der Waals surface area contributed by atoms with Crippen molar-refractivity contribution in [2.75, 3.05) is 24.7 Å². The summed E-state index contributed by atoms with van der Waals surface area (Å²) in [4.78, 5) is 6.34. The van der Waals surface area contributed by atoms with Gasteiger partial charge in [0.15, 0.2) is 0 Å².